The highest BCUT2D eigenvalue weighted by atomic mass is 19.1. The van der Waals surface area contributed by atoms with Crippen molar-refractivity contribution in [2.75, 3.05) is 0 Å². The van der Waals surface area contributed by atoms with Crippen molar-refractivity contribution in [2.45, 2.75) is 6.92 Å². The van der Waals surface area contributed by atoms with Crippen LogP contribution in [0.5, 0.6) is 0 Å². The van der Waals surface area contributed by atoms with Gasteiger partial charge >= 0.3 is 5.69 Å². The lowest BCUT2D eigenvalue weighted by Crippen LogP contribution is -1.93. The number of nitro groups is 1. The number of hydrogen-bond donors (Lipinski definition) is 1. The molecular weight excluding hydrogens is 189 g/mol. The summed E-state index contributed by atoms with van der Waals surface area (Å²) in [5.41, 5.74) is 0.371. The standard InChI is InChI=1S/C8H6FN3O2/c1-4-7-6(11-10-4)3-2-5(9)8(7)12(13)14/h2-3H,1H3,(H,10,11). The molecule has 1 heterocycles. The average molecular weight is 195 g/mol. The number of nitrogens with zero attached hydrogens (tertiary/aromatic N) is 2. The quantitative estimate of drug-likeness (QED) is 0.558. The smallest absolute Gasteiger partial charge is 0.277 e. The first kappa shape index (κ1) is 8.61. The number of benzene rings is 1. The predicted octanol–water partition coefficient (Wildman–Crippen LogP) is 1.92. The lowest BCUT2D eigenvalue weighted by atomic mass is 10.2. The predicted molar refractivity (Wildman–Crippen MR) is 47.4 cm³/mol. The Hall–Kier alpha value is -1.98. The summed E-state index contributed by atoms with van der Waals surface area (Å²) in [6.45, 7) is 1.59. The Balaban J connectivity index is 2.94. The van der Waals surface area contributed by atoms with Crippen LogP contribution in [-0.4, -0.2) is 15.1 Å². The third kappa shape index (κ3) is 1.04. The highest BCUT2D eigenvalue weighted by molar-refractivity contribution is 5.90. The molecule has 0 aliphatic rings. The second kappa shape index (κ2) is 2.76. The number of aromatic amines is 1. The maximum atomic E-state index is 13.1. The summed E-state index contributed by atoms with van der Waals surface area (Å²) >= 11 is 0. The van der Waals surface area contributed by atoms with Crippen LogP contribution in [-0.2, 0) is 0 Å². The molecule has 1 N–H and O–H groups in total. The van der Waals surface area contributed by atoms with Gasteiger partial charge in [0.25, 0.3) is 0 Å². The van der Waals surface area contributed by atoms with E-state index < -0.39 is 16.4 Å². The molecule has 0 amide bonds. The average Bonchev–Trinajstić information content (AvgIpc) is 2.47. The zero-order valence-electron chi connectivity index (χ0n) is 7.24. The van der Waals surface area contributed by atoms with E-state index in [1.165, 1.54) is 6.07 Å². The summed E-state index contributed by atoms with van der Waals surface area (Å²) in [7, 11) is 0. The summed E-state index contributed by atoms with van der Waals surface area (Å²) < 4.78 is 13.1. The summed E-state index contributed by atoms with van der Waals surface area (Å²) in [6, 6.07) is 2.48. The first-order valence-electron chi connectivity index (χ1n) is 3.89. The Morgan fingerprint density at radius 3 is 2.93 bits per heavy atom. The van der Waals surface area contributed by atoms with Gasteiger partial charge in [-0.2, -0.15) is 9.49 Å². The van der Waals surface area contributed by atoms with E-state index in [4.69, 9.17) is 0 Å². The minimum absolute atomic E-state index is 0.231. The molecule has 0 fully saturated rings. The molecule has 0 spiro atoms. The molecule has 1 aromatic heterocycles. The monoisotopic (exact) mass is 195 g/mol. The molecule has 0 aliphatic heterocycles. The Morgan fingerprint density at radius 2 is 2.29 bits per heavy atom. The maximum absolute atomic E-state index is 13.1. The van der Waals surface area contributed by atoms with Crippen LogP contribution in [0.4, 0.5) is 10.1 Å². The van der Waals surface area contributed by atoms with Crippen molar-refractivity contribution in [2.24, 2.45) is 0 Å². The van der Waals surface area contributed by atoms with Crippen LogP contribution in [0.15, 0.2) is 12.1 Å². The van der Waals surface area contributed by atoms with E-state index in [1.807, 2.05) is 0 Å². The Labute approximate surface area is 77.7 Å². The fourth-order valence-electron chi connectivity index (χ4n) is 1.40. The van der Waals surface area contributed by atoms with Crippen LogP contribution in [0.1, 0.15) is 5.69 Å². The summed E-state index contributed by atoms with van der Waals surface area (Å²) in [6.07, 6.45) is 0. The maximum Gasteiger partial charge on any atom is 0.315 e. The highest BCUT2D eigenvalue weighted by Crippen LogP contribution is 2.29. The zero-order chi connectivity index (χ0) is 10.3. The van der Waals surface area contributed by atoms with Crippen LogP contribution in [0.25, 0.3) is 10.9 Å². The number of nitro benzene ring substituents is 1. The summed E-state index contributed by atoms with van der Waals surface area (Å²) in [4.78, 5) is 9.87. The second-order valence-electron chi connectivity index (χ2n) is 2.88. The van der Waals surface area contributed by atoms with Crippen molar-refractivity contribution in [3.8, 4) is 0 Å². The topological polar surface area (TPSA) is 71.8 Å². The van der Waals surface area contributed by atoms with Gasteiger partial charge in [0.1, 0.15) is 5.39 Å². The SMILES string of the molecule is Cc1n[nH]c2ccc(F)c([N+](=O)[O-])c12. The Bertz CT molecular complexity index is 521. The second-order valence-corrected chi connectivity index (χ2v) is 2.88. The van der Waals surface area contributed by atoms with E-state index in [2.05, 4.69) is 10.2 Å². The zero-order valence-corrected chi connectivity index (χ0v) is 7.24. The van der Waals surface area contributed by atoms with Crippen LogP contribution in [0, 0.1) is 22.9 Å². The molecule has 0 saturated carbocycles. The van der Waals surface area contributed by atoms with E-state index in [9.17, 15) is 14.5 Å². The Kier molecular flexibility index (Phi) is 1.70. The molecule has 0 bridgehead atoms. The first-order valence-corrected chi connectivity index (χ1v) is 3.89. The number of aromatic nitrogens is 2. The molecule has 0 atom stereocenters. The highest BCUT2D eigenvalue weighted by Gasteiger charge is 2.21. The van der Waals surface area contributed by atoms with E-state index >= 15 is 0 Å². The van der Waals surface area contributed by atoms with Crippen molar-refractivity contribution in [3.63, 3.8) is 0 Å². The van der Waals surface area contributed by atoms with Crippen molar-refractivity contribution in [1.29, 1.82) is 0 Å². The van der Waals surface area contributed by atoms with Gasteiger partial charge in [0.15, 0.2) is 0 Å². The number of halogens is 1. The lowest BCUT2D eigenvalue weighted by Gasteiger charge is -1.95. The van der Waals surface area contributed by atoms with Gasteiger partial charge in [-0.1, -0.05) is 0 Å². The molecule has 0 aliphatic carbocycles. The van der Waals surface area contributed by atoms with Gasteiger partial charge in [-0.3, -0.25) is 15.2 Å². The van der Waals surface area contributed by atoms with Gasteiger partial charge < -0.3 is 0 Å². The number of fused-ring (bicyclic) bond motifs is 1. The van der Waals surface area contributed by atoms with Gasteiger partial charge in [-0.05, 0) is 19.1 Å². The van der Waals surface area contributed by atoms with Crippen LogP contribution in [0.2, 0.25) is 0 Å². The molecule has 0 unspecified atom stereocenters. The third-order valence-electron chi connectivity index (χ3n) is 2.02. The van der Waals surface area contributed by atoms with E-state index in [0.29, 0.717) is 11.2 Å². The molecular formula is C8H6FN3O2. The van der Waals surface area contributed by atoms with Crippen molar-refractivity contribution in [1.82, 2.24) is 10.2 Å². The number of rotatable bonds is 1. The van der Waals surface area contributed by atoms with Gasteiger partial charge in [0.2, 0.25) is 5.82 Å². The van der Waals surface area contributed by atoms with E-state index in [1.54, 1.807) is 6.92 Å². The molecule has 0 saturated heterocycles. The largest absolute Gasteiger partial charge is 0.315 e. The molecule has 72 valence electrons. The molecule has 14 heavy (non-hydrogen) atoms. The Morgan fingerprint density at radius 1 is 1.57 bits per heavy atom. The molecule has 5 nitrogen and oxygen atoms in total. The van der Waals surface area contributed by atoms with Crippen molar-refractivity contribution >= 4 is 16.6 Å². The molecule has 2 aromatic rings. The van der Waals surface area contributed by atoms with Crippen molar-refractivity contribution < 1.29 is 9.31 Å². The normalized spacial score (nSPS) is 10.7. The minimum atomic E-state index is -0.841. The van der Waals surface area contributed by atoms with Gasteiger partial charge in [0, 0.05) is 0 Å². The van der Waals surface area contributed by atoms with Crippen LogP contribution < -0.4 is 0 Å². The van der Waals surface area contributed by atoms with Gasteiger partial charge in [0.05, 0.1) is 16.1 Å². The van der Waals surface area contributed by atoms with Gasteiger partial charge in [-0.25, -0.2) is 0 Å². The van der Waals surface area contributed by atoms with Crippen LogP contribution >= 0.6 is 0 Å². The molecule has 1 aromatic carbocycles. The number of nitrogens with one attached hydrogen (secondary N) is 1. The molecule has 0 radical (unpaired) electrons. The van der Waals surface area contributed by atoms with E-state index in [-0.39, 0.29) is 5.39 Å². The van der Waals surface area contributed by atoms with Crippen LogP contribution in [0.3, 0.4) is 0 Å². The summed E-state index contributed by atoms with van der Waals surface area (Å²) in [5, 5.41) is 17.2. The fourth-order valence-corrected chi connectivity index (χ4v) is 1.40. The van der Waals surface area contributed by atoms with Gasteiger partial charge in [-0.15, -0.1) is 0 Å². The molecule has 6 heteroatoms. The van der Waals surface area contributed by atoms with E-state index in [0.717, 1.165) is 6.07 Å². The lowest BCUT2D eigenvalue weighted by molar-refractivity contribution is -0.385. The fraction of sp³-hybridized carbons (Fsp3) is 0.125. The summed E-state index contributed by atoms with van der Waals surface area (Å²) in [5.74, 6) is -0.841. The number of aryl methyl sites for hydroxylation is 1. The first-order chi connectivity index (χ1) is 6.61. The minimum Gasteiger partial charge on any atom is -0.277 e. The third-order valence-corrected chi connectivity index (χ3v) is 2.02. The van der Waals surface area contributed by atoms with Crippen molar-refractivity contribution in [3.05, 3.63) is 33.8 Å². The molecule has 2 rings (SSSR count). The number of H-pyrrole nitrogens is 1. The number of hydrogen-bond acceptors (Lipinski definition) is 3.